The van der Waals surface area contributed by atoms with Crippen LogP contribution in [0.25, 0.3) is 0 Å². The largest absolute Gasteiger partial charge is 0.370 e. The quantitative estimate of drug-likeness (QED) is 0.515. The molecule has 2 atom stereocenters. The van der Waals surface area contributed by atoms with Gasteiger partial charge in [0.15, 0.2) is 0 Å². The molecule has 2 aliphatic rings. The lowest BCUT2D eigenvalue weighted by Crippen LogP contribution is -2.22. The summed E-state index contributed by atoms with van der Waals surface area (Å²) in [6.45, 7) is 5.21. The maximum atomic E-state index is 5.75. The standard InChI is InChI=1S/C8H14O2/c1-8(2)4-3-6(10-8)7-5-9-7/h6-7H,3-5H2,1-2H3/t6-,7+/m0/s1. The van der Waals surface area contributed by atoms with Crippen LogP contribution in [0.5, 0.6) is 0 Å². The minimum absolute atomic E-state index is 0.108. The van der Waals surface area contributed by atoms with E-state index >= 15 is 0 Å². The highest BCUT2D eigenvalue weighted by atomic mass is 16.6. The van der Waals surface area contributed by atoms with Crippen molar-refractivity contribution in [1.29, 1.82) is 0 Å². The first-order chi connectivity index (χ1) is 4.67. The SMILES string of the molecule is CC1(C)CC[C@@H]([C@H]2CO2)O1. The summed E-state index contributed by atoms with van der Waals surface area (Å²) in [5, 5.41) is 0. The Kier molecular flexibility index (Phi) is 1.29. The van der Waals surface area contributed by atoms with Gasteiger partial charge in [-0.3, -0.25) is 0 Å². The minimum atomic E-state index is 0.108. The van der Waals surface area contributed by atoms with Crippen molar-refractivity contribution >= 4 is 0 Å². The molecule has 0 radical (unpaired) electrons. The van der Waals surface area contributed by atoms with Crippen molar-refractivity contribution in [1.82, 2.24) is 0 Å². The smallest absolute Gasteiger partial charge is 0.107 e. The zero-order valence-electron chi connectivity index (χ0n) is 6.59. The third kappa shape index (κ3) is 1.18. The molecule has 0 bridgehead atoms. The molecule has 2 saturated heterocycles. The first-order valence-corrected chi connectivity index (χ1v) is 3.97. The number of hydrogen-bond donors (Lipinski definition) is 0. The van der Waals surface area contributed by atoms with Crippen molar-refractivity contribution < 1.29 is 9.47 Å². The van der Waals surface area contributed by atoms with Crippen LogP contribution >= 0.6 is 0 Å². The molecule has 0 aromatic rings. The number of epoxide rings is 1. The third-order valence-corrected chi connectivity index (χ3v) is 2.28. The molecule has 0 aromatic carbocycles. The zero-order valence-corrected chi connectivity index (χ0v) is 6.59. The molecule has 2 fully saturated rings. The van der Waals surface area contributed by atoms with Gasteiger partial charge in [0.25, 0.3) is 0 Å². The van der Waals surface area contributed by atoms with E-state index < -0.39 is 0 Å². The Morgan fingerprint density at radius 3 is 2.40 bits per heavy atom. The highest BCUT2D eigenvalue weighted by Gasteiger charge is 2.41. The van der Waals surface area contributed by atoms with Gasteiger partial charge >= 0.3 is 0 Å². The Hall–Kier alpha value is -0.0800. The Balaban J connectivity index is 1.92. The van der Waals surface area contributed by atoms with Crippen LogP contribution in [0.3, 0.4) is 0 Å². The van der Waals surface area contributed by atoms with E-state index in [1.54, 1.807) is 0 Å². The molecule has 10 heavy (non-hydrogen) atoms. The fraction of sp³-hybridized carbons (Fsp3) is 1.00. The summed E-state index contributed by atoms with van der Waals surface area (Å²) in [5.41, 5.74) is 0.108. The number of ether oxygens (including phenoxy) is 2. The first kappa shape index (κ1) is 6.62. The van der Waals surface area contributed by atoms with E-state index in [0.717, 1.165) is 6.61 Å². The molecular weight excluding hydrogens is 128 g/mol. The van der Waals surface area contributed by atoms with E-state index in [2.05, 4.69) is 13.8 Å². The maximum absolute atomic E-state index is 5.75. The average Bonchev–Trinajstić information content (AvgIpc) is 2.59. The van der Waals surface area contributed by atoms with Gasteiger partial charge in [-0.05, 0) is 26.7 Å². The topological polar surface area (TPSA) is 21.8 Å². The molecule has 2 aliphatic heterocycles. The Bertz CT molecular complexity index is 138. The zero-order chi connectivity index (χ0) is 7.19. The Labute approximate surface area is 61.5 Å². The number of rotatable bonds is 1. The minimum Gasteiger partial charge on any atom is -0.370 e. The van der Waals surface area contributed by atoms with Crippen LogP contribution in [0, 0.1) is 0 Å². The summed E-state index contributed by atoms with van der Waals surface area (Å²) in [5.74, 6) is 0. The van der Waals surface area contributed by atoms with E-state index in [0.29, 0.717) is 12.2 Å². The molecule has 0 N–H and O–H groups in total. The normalized spacial score (nSPS) is 43.8. The van der Waals surface area contributed by atoms with Gasteiger partial charge in [0, 0.05) is 0 Å². The van der Waals surface area contributed by atoms with Crippen LogP contribution < -0.4 is 0 Å². The Morgan fingerprint density at radius 2 is 2.00 bits per heavy atom. The molecule has 0 saturated carbocycles. The molecule has 2 rings (SSSR count). The summed E-state index contributed by atoms with van der Waals surface area (Å²) in [4.78, 5) is 0. The van der Waals surface area contributed by atoms with Crippen molar-refractivity contribution in [3.05, 3.63) is 0 Å². The van der Waals surface area contributed by atoms with E-state index in [-0.39, 0.29) is 5.60 Å². The second-order valence-corrected chi connectivity index (χ2v) is 3.83. The number of hydrogen-bond acceptors (Lipinski definition) is 2. The lowest BCUT2D eigenvalue weighted by molar-refractivity contribution is -0.0259. The molecule has 0 aromatic heterocycles. The fourth-order valence-electron chi connectivity index (χ4n) is 1.55. The lowest BCUT2D eigenvalue weighted by atomic mass is 10.1. The van der Waals surface area contributed by atoms with Crippen molar-refractivity contribution in [2.75, 3.05) is 6.61 Å². The van der Waals surface area contributed by atoms with Crippen molar-refractivity contribution in [2.24, 2.45) is 0 Å². The molecular formula is C8H14O2. The van der Waals surface area contributed by atoms with E-state index in [4.69, 9.17) is 9.47 Å². The van der Waals surface area contributed by atoms with Gasteiger partial charge in [-0.25, -0.2) is 0 Å². The molecule has 2 heterocycles. The van der Waals surface area contributed by atoms with Gasteiger partial charge in [0.1, 0.15) is 6.10 Å². The second kappa shape index (κ2) is 1.95. The third-order valence-electron chi connectivity index (χ3n) is 2.28. The van der Waals surface area contributed by atoms with Gasteiger partial charge in [-0.15, -0.1) is 0 Å². The van der Waals surface area contributed by atoms with Crippen LogP contribution in [0.2, 0.25) is 0 Å². The molecule has 2 heteroatoms. The van der Waals surface area contributed by atoms with Gasteiger partial charge in [0.2, 0.25) is 0 Å². The summed E-state index contributed by atoms with van der Waals surface area (Å²) in [6.07, 6.45) is 3.19. The van der Waals surface area contributed by atoms with Crippen LogP contribution in [-0.4, -0.2) is 24.4 Å². The summed E-state index contributed by atoms with van der Waals surface area (Å²) in [6, 6.07) is 0. The molecule has 0 unspecified atom stereocenters. The molecule has 2 nitrogen and oxygen atoms in total. The summed E-state index contributed by atoms with van der Waals surface area (Å²) >= 11 is 0. The van der Waals surface area contributed by atoms with Crippen molar-refractivity contribution in [2.45, 2.75) is 44.5 Å². The van der Waals surface area contributed by atoms with E-state index in [9.17, 15) is 0 Å². The van der Waals surface area contributed by atoms with Crippen LogP contribution in [-0.2, 0) is 9.47 Å². The van der Waals surface area contributed by atoms with Gasteiger partial charge in [-0.1, -0.05) is 0 Å². The Morgan fingerprint density at radius 1 is 1.30 bits per heavy atom. The fourth-order valence-corrected chi connectivity index (χ4v) is 1.55. The van der Waals surface area contributed by atoms with Gasteiger partial charge in [0.05, 0.1) is 18.3 Å². The predicted molar refractivity (Wildman–Crippen MR) is 37.9 cm³/mol. The first-order valence-electron chi connectivity index (χ1n) is 3.97. The maximum Gasteiger partial charge on any atom is 0.107 e. The average molecular weight is 142 g/mol. The van der Waals surface area contributed by atoms with Crippen molar-refractivity contribution in [3.63, 3.8) is 0 Å². The van der Waals surface area contributed by atoms with Gasteiger partial charge < -0.3 is 9.47 Å². The molecule has 58 valence electrons. The van der Waals surface area contributed by atoms with Crippen LogP contribution in [0.1, 0.15) is 26.7 Å². The van der Waals surface area contributed by atoms with E-state index in [1.807, 2.05) is 0 Å². The second-order valence-electron chi connectivity index (χ2n) is 3.83. The molecule has 0 spiro atoms. The lowest BCUT2D eigenvalue weighted by Gasteiger charge is -2.17. The molecule has 0 amide bonds. The van der Waals surface area contributed by atoms with Gasteiger partial charge in [-0.2, -0.15) is 0 Å². The van der Waals surface area contributed by atoms with Crippen molar-refractivity contribution in [3.8, 4) is 0 Å². The summed E-state index contributed by atoms with van der Waals surface area (Å²) in [7, 11) is 0. The highest BCUT2D eigenvalue weighted by molar-refractivity contribution is 4.89. The predicted octanol–water partition coefficient (Wildman–Crippen LogP) is 1.34. The van der Waals surface area contributed by atoms with E-state index in [1.165, 1.54) is 12.8 Å². The monoisotopic (exact) mass is 142 g/mol. The molecule has 0 aliphatic carbocycles. The van der Waals surface area contributed by atoms with Crippen LogP contribution in [0.15, 0.2) is 0 Å². The van der Waals surface area contributed by atoms with Crippen LogP contribution in [0.4, 0.5) is 0 Å². The highest BCUT2D eigenvalue weighted by Crippen LogP contribution is 2.35. The summed E-state index contributed by atoms with van der Waals surface area (Å²) < 4.78 is 10.9.